The summed E-state index contributed by atoms with van der Waals surface area (Å²) in [6, 6.07) is -0.128. The van der Waals surface area contributed by atoms with Crippen LogP contribution in [0.2, 0.25) is 0 Å². The lowest BCUT2D eigenvalue weighted by molar-refractivity contribution is -0.123. The van der Waals surface area contributed by atoms with Gasteiger partial charge in [0.1, 0.15) is 0 Å². The molecule has 1 rings (SSSR count). The zero-order valence-corrected chi connectivity index (χ0v) is 10.0. The number of nitrogens with one attached hydrogen (secondary N) is 2. The van der Waals surface area contributed by atoms with Crippen LogP contribution in [0.25, 0.3) is 0 Å². The number of methoxy groups -OCH3 is 1. The van der Waals surface area contributed by atoms with Gasteiger partial charge in [-0.3, -0.25) is 4.79 Å². The van der Waals surface area contributed by atoms with E-state index in [0.29, 0.717) is 6.54 Å². The van der Waals surface area contributed by atoms with E-state index in [2.05, 4.69) is 10.6 Å². The van der Waals surface area contributed by atoms with Crippen molar-refractivity contribution in [1.82, 2.24) is 10.6 Å². The summed E-state index contributed by atoms with van der Waals surface area (Å²) < 4.78 is 5.17. The Hall–Kier alpha value is -0.650. The maximum atomic E-state index is 11.7. The quantitative estimate of drug-likeness (QED) is 0.545. The minimum absolute atomic E-state index is 0.0325. The summed E-state index contributed by atoms with van der Waals surface area (Å²) in [7, 11) is 1.66. The Balaban J connectivity index is 2.11. The molecule has 1 amide bonds. The molecular weight excluding hydrogens is 208 g/mol. The van der Waals surface area contributed by atoms with Crippen LogP contribution in [0.4, 0.5) is 0 Å². The van der Waals surface area contributed by atoms with Gasteiger partial charge in [0.05, 0.1) is 18.2 Å². The summed E-state index contributed by atoms with van der Waals surface area (Å²) in [5.41, 5.74) is 0. The fraction of sp³-hybridized carbons (Fsp3) is 0.909. The lowest BCUT2D eigenvalue weighted by atomic mass is 10.2. The summed E-state index contributed by atoms with van der Waals surface area (Å²) in [5.74, 6) is 0.0325. The smallest absolute Gasteiger partial charge is 0.237 e. The fourth-order valence-corrected chi connectivity index (χ4v) is 1.81. The van der Waals surface area contributed by atoms with Crippen LogP contribution in [0.15, 0.2) is 0 Å². The van der Waals surface area contributed by atoms with Crippen LogP contribution in [-0.4, -0.2) is 49.5 Å². The Morgan fingerprint density at radius 3 is 3.00 bits per heavy atom. The fourth-order valence-electron chi connectivity index (χ4n) is 1.81. The molecule has 0 bridgehead atoms. The molecule has 5 heteroatoms. The van der Waals surface area contributed by atoms with E-state index in [9.17, 15) is 4.79 Å². The van der Waals surface area contributed by atoms with E-state index >= 15 is 0 Å². The van der Waals surface area contributed by atoms with Gasteiger partial charge in [0.2, 0.25) is 5.91 Å². The molecule has 0 aromatic carbocycles. The number of aliphatic hydroxyl groups is 1. The lowest BCUT2D eigenvalue weighted by Gasteiger charge is -2.11. The summed E-state index contributed by atoms with van der Waals surface area (Å²) in [6.45, 7) is 3.12. The van der Waals surface area contributed by atoms with Crippen molar-refractivity contribution in [1.29, 1.82) is 0 Å². The normalized spacial score (nSPS) is 26.7. The van der Waals surface area contributed by atoms with Crippen LogP contribution in [-0.2, 0) is 9.53 Å². The van der Waals surface area contributed by atoms with Crippen molar-refractivity contribution >= 4 is 5.91 Å². The Labute approximate surface area is 96.6 Å². The van der Waals surface area contributed by atoms with E-state index < -0.39 is 0 Å². The van der Waals surface area contributed by atoms with Crippen molar-refractivity contribution in [3.8, 4) is 0 Å². The zero-order valence-electron chi connectivity index (χ0n) is 10.0. The molecule has 0 aliphatic carbocycles. The molecule has 3 atom stereocenters. The second kappa shape index (κ2) is 6.83. The maximum Gasteiger partial charge on any atom is 0.237 e. The van der Waals surface area contributed by atoms with Crippen molar-refractivity contribution in [2.75, 3.05) is 20.2 Å². The first kappa shape index (κ1) is 13.4. The van der Waals surface area contributed by atoms with Gasteiger partial charge in [-0.1, -0.05) is 0 Å². The average Bonchev–Trinajstić information content (AvgIpc) is 2.72. The molecule has 94 valence electrons. The second-order valence-electron chi connectivity index (χ2n) is 4.34. The van der Waals surface area contributed by atoms with Crippen LogP contribution >= 0.6 is 0 Å². The number of hydrogen-bond acceptors (Lipinski definition) is 4. The highest BCUT2D eigenvalue weighted by Gasteiger charge is 2.28. The van der Waals surface area contributed by atoms with Crippen LogP contribution < -0.4 is 10.6 Å². The van der Waals surface area contributed by atoms with Crippen molar-refractivity contribution in [3.05, 3.63) is 0 Å². The van der Waals surface area contributed by atoms with E-state index in [0.717, 1.165) is 25.8 Å². The van der Waals surface area contributed by atoms with Gasteiger partial charge in [-0.05, 0) is 26.2 Å². The minimum Gasteiger partial charge on any atom is -0.393 e. The summed E-state index contributed by atoms with van der Waals surface area (Å²) in [6.07, 6.45) is 2.12. The van der Waals surface area contributed by atoms with Gasteiger partial charge in [-0.2, -0.15) is 0 Å². The predicted octanol–water partition coefficient (Wildman–Crippen LogP) is -0.359. The highest BCUT2D eigenvalue weighted by atomic mass is 16.5. The van der Waals surface area contributed by atoms with Gasteiger partial charge in [0, 0.05) is 20.2 Å². The zero-order chi connectivity index (χ0) is 12.0. The molecule has 1 aliphatic rings. The van der Waals surface area contributed by atoms with E-state index in [1.807, 2.05) is 0 Å². The maximum absolute atomic E-state index is 11.7. The molecule has 1 fully saturated rings. The Morgan fingerprint density at radius 2 is 2.44 bits per heavy atom. The molecule has 0 spiro atoms. The topological polar surface area (TPSA) is 70.6 Å². The third-order valence-electron chi connectivity index (χ3n) is 2.84. The van der Waals surface area contributed by atoms with Gasteiger partial charge in [0.25, 0.3) is 0 Å². The van der Waals surface area contributed by atoms with E-state index in [-0.39, 0.29) is 24.2 Å². The van der Waals surface area contributed by atoms with E-state index in [1.165, 1.54) is 0 Å². The molecule has 0 aromatic rings. The number of hydrogen-bond donors (Lipinski definition) is 3. The van der Waals surface area contributed by atoms with Crippen molar-refractivity contribution in [2.45, 2.75) is 44.4 Å². The monoisotopic (exact) mass is 230 g/mol. The Morgan fingerprint density at radius 1 is 1.69 bits per heavy atom. The minimum atomic E-state index is -0.292. The van der Waals surface area contributed by atoms with Crippen LogP contribution in [0.1, 0.15) is 26.2 Å². The van der Waals surface area contributed by atoms with Crippen LogP contribution in [0.5, 0.6) is 0 Å². The third kappa shape index (κ3) is 4.47. The second-order valence-corrected chi connectivity index (χ2v) is 4.34. The first-order valence-electron chi connectivity index (χ1n) is 5.85. The van der Waals surface area contributed by atoms with E-state index in [4.69, 9.17) is 9.84 Å². The number of amides is 1. The molecule has 0 saturated carbocycles. The highest BCUT2D eigenvalue weighted by molar-refractivity contribution is 5.82. The number of ether oxygens (including phenoxy) is 1. The molecule has 5 nitrogen and oxygen atoms in total. The number of carbonyl (C=O) groups excluding carboxylic acids is 1. The summed E-state index contributed by atoms with van der Waals surface area (Å²) in [4.78, 5) is 11.7. The van der Waals surface area contributed by atoms with Crippen molar-refractivity contribution < 1.29 is 14.6 Å². The summed E-state index contributed by atoms with van der Waals surface area (Å²) >= 11 is 0. The molecule has 3 unspecified atom stereocenters. The number of aliphatic hydroxyl groups excluding tert-OH is 1. The first-order chi connectivity index (χ1) is 7.63. The molecule has 3 N–H and O–H groups in total. The summed E-state index contributed by atoms with van der Waals surface area (Å²) in [5, 5.41) is 15.0. The molecule has 0 radical (unpaired) electrons. The molecular formula is C11H22N2O3. The Kier molecular flexibility index (Phi) is 5.73. The molecule has 16 heavy (non-hydrogen) atoms. The SMILES string of the molecule is COC1CNC(C(=O)NCCCC(C)O)C1. The largest absolute Gasteiger partial charge is 0.393 e. The first-order valence-corrected chi connectivity index (χ1v) is 5.85. The Bertz CT molecular complexity index is 221. The van der Waals surface area contributed by atoms with Crippen LogP contribution in [0.3, 0.4) is 0 Å². The van der Waals surface area contributed by atoms with Crippen molar-refractivity contribution in [2.24, 2.45) is 0 Å². The van der Waals surface area contributed by atoms with Gasteiger partial charge in [-0.25, -0.2) is 0 Å². The predicted molar refractivity (Wildman–Crippen MR) is 61.1 cm³/mol. The highest BCUT2D eigenvalue weighted by Crippen LogP contribution is 2.09. The number of carbonyl (C=O) groups is 1. The lowest BCUT2D eigenvalue weighted by Crippen LogP contribution is -2.40. The van der Waals surface area contributed by atoms with Gasteiger partial charge in [0.15, 0.2) is 0 Å². The molecule has 1 aliphatic heterocycles. The van der Waals surface area contributed by atoms with Gasteiger partial charge in [-0.15, -0.1) is 0 Å². The molecule has 1 heterocycles. The molecule has 1 saturated heterocycles. The van der Waals surface area contributed by atoms with E-state index in [1.54, 1.807) is 14.0 Å². The number of rotatable bonds is 6. The van der Waals surface area contributed by atoms with Crippen molar-refractivity contribution in [3.63, 3.8) is 0 Å². The van der Waals surface area contributed by atoms with Gasteiger partial charge >= 0.3 is 0 Å². The molecule has 0 aromatic heterocycles. The standard InChI is InChI=1S/C11H22N2O3/c1-8(14)4-3-5-12-11(15)10-6-9(16-2)7-13-10/h8-10,13-14H,3-7H2,1-2H3,(H,12,15). The van der Waals surface area contributed by atoms with Gasteiger partial charge < -0.3 is 20.5 Å². The average molecular weight is 230 g/mol. The van der Waals surface area contributed by atoms with Crippen LogP contribution in [0, 0.1) is 0 Å². The third-order valence-corrected chi connectivity index (χ3v) is 2.84.